The second-order valence-electron chi connectivity index (χ2n) is 5.65. The van der Waals surface area contributed by atoms with Crippen molar-refractivity contribution >= 4 is 28.6 Å². The first-order valence-corrected chi connectivity index (χ1v) is 8.26. The molecule has 1 aliphatic heterocycles. The van der Waals surface area contributed by atoms with Crippen molar-refractivity contribution in [3.05, 3.63) is 34.5 Å². The van der Waals surface area contributed by atoms with Crippen LogP contribution >= 0.6 is 11.6 Å². The van der Waals surface area contributed by atoms with Gasteiger partial charge in [-0.05, 0) is 43.5 Å². The van der Waals surface area contributed by atoms with Crippen LogP contribution in [0, 0.1) is 0 Å². The highest BCUT2D eigenvalue weighted by Crippen LogP contribution is 2.37. The van der Waals surface area contributed by atoms with Crippen molar-refractivity contribution in [3.8, 4) is 0 Å². The van der Waals surface area contributed by atoms with E-state index in [1.165, 1.54) is 10.9 Å². The van der Waals surface area contributed by atoms with Gasteiger partial charge in [-0.2, -0.15) is 0 Å². The first-order chi connectivity index (χ1) is 10.7. The fourth-order valence-corrected chi connectivity index (χ4v) is 3.51. The minimum absolute atomic E-state index is 0.0546. The average molecular weight is 321 g/mol. The van der Waals surface area contributed by atoms with Gasteiger partial charge in [0.15, 0.2) is 0 Å². The Labute approximate surface area is 135 Å². The Kier molecular flexibility index (Phi) is 4.30. The number of benzene rings is 1. The number of hydrogen-bond acceptors (Lipinski definition) is 2. The molecule has 1 amide bonds. The van der Waals surface area contributed by atoms with Crippen LogP contribution in [0.15, 0.2) is 18.2 Å². The summed E-state index contributed by atoms with van der Waals surface area (Å²) in [6.45, 7) is 5.07. The second kappa shape index (κ2) is 6.21. The highest BCUT2D eigenvalue weighted by Gasteiger charge is 2.33. The summed E-state index contributed by atoms with van der Waals surface area (Å²) < 4.78 is 5.22. The van der Waals surface area contributed by atoms with Gasteiger partial charge in [0.25, 0.3) is 0 Å². The topological polar surface area (TPSA) is 45.3 Å². The van der Waals surface area contributed by atoms with E-state index in [4.69, 9.17) is 16.3 Å². The third kappa shape index (κ3) is 2.56. The van der Waals surface area contributed by atoms with E-state index in [1.807, 2.05) is 30.0 Å². The molecular formula is C17H21ClN2O2. The molecule has 3 rings (SSSR count). The minimum Gasteiger partial charge on any atom is -0.450 e. The number of nitrogens with one attached hydrogen (secondary N) is 1. The number of ether oxygens (including phenoxy) is 1. The summed E-state index contributed by atoms with van der Waals surface area (Å²) in [4.78, 5) is 17.6. The Morgan fingerprint density at radius 2 is 2.27 bits per heavy atom. The summed E-state index contributed by atoms with van der Waals surface area (Å²) in [6.07, 6.45) is 2.54. The number of carbonyl (C=O) groups excluding carboxylic acids is 1. The first-order valence-electron chi connectivity index (χ1n) is 7.89. The summed E-state index contributed by atoms with van der Waals surface area (Å²) in [7, 11) is 0. The van der Waals surface area contributed by atoms with Gasteiger partial charge in [0.1, 0.15) is 0 Å². The molecule has 2 heterocycles. The zero-order valence-electron chi connectivity index (χ0n) is 13.0. The average Bonchev–Trinajstić information content (AvgIpc) is 2.86. The van der Waals surface area contributed by atoms with Crippen molar-refractivity contribution in [2.75, 3.05) is 13.2 Å². The Bertz CT molecular complexity index is 695. The number of aromatic amines is 1. The molecule has 1 aliphatic rings. The quantitative estimate of drug-likeness (QED) is 0.892. The Morgan fingerprint density at radius 1 is 1.45 bits per heavy atom. The number of H-pyrrole nitrogens is 1. The molecule has 0 bridgehead atoms. The van der Waals surface area contributed by atoms with Crippen molar-refractivity contribution in [2.24, 2.45) is 0 Å². The van der Waals surface area contributed by atoms with Crippen molar-refractivity contribution in [1.29, 1.82) is 0 Å². The highest BCUT2D eigenvalue weighted by atomic mass is 35.5. The van der Waals surface area contributed by atoms with Crippen molar-refractivity contribution < 1.29 is 9.53 Å². The fourth-order valence-electron chi connectivity index (χ4n) is 3.34. The van der Waals surface area contributed by atoms with Crippen LogP contribution in [-0.4, -0.2) is 29.1 Å². The third-order valence-electron chi connectivity index (χ3n) is 4.28. The van der Waals surface area contributed by atoms with Crippen molar-refractivity contribution in [2.45, 2.75) is 39.2 Å². The predicted octanol–water partition coefficient (Wildman–Crippen LogP) is 4.68. The van der Waals surface area contributed by atoms with E-state index in [0.29, 0.717) is 13.2 Å². The van der Waals surface area contributed by atoms with Gasteiger partial charge in [-0.15, -0.1) is 0 Å². The van der Waals surface area contributed by atoms with Crippen molar-refractivity contribution in [1.82, 2.24) is 9.88 Å². The van der Waals surface area contributed by atoms with Gasteiger partial charge in [-0.25, -0.2) is 4.79 Å². The lowest BCUT2D eigenvalue weighted by atomic mass is 9.95. The number of fused-ring (bicyclic) bond motifs is 3. The van der Waals surface area contributed by atoms with Crippen LogP contribution in [0.1, 0.15) is 44.0 Å². The molecule has 1 N–H and O–H groups in total. The number of halogens is 1. The van der Waals surface area contributed by atoms with Crippen LogP contribution in [0.25, 0.3) is 10.9 Å². The molecule has 1 unspecified atom stereocenters. The molecule has 118 valence electrons. The Balaban J connectivity index is 2.04. The third-order valence-corrected chi connectivity index (χ3v) is 4.51. The predicted molar refractivity (Wildman–Crippen MR) is 88.4 cm³/mol. The number of hydrogen-bond donors (Lipinski definition) is 1. The van der Waals surface area contributed by atoms with E-state index in [2.05, 4.69) is 11.9 Å². The maximum atomic E-state index is 12.2. The molecule has 1 aromatic heterocycles. The molecule has 1 aromatic carbocycles. The lowest BCUT2D eigenvalue weighted by Gasteiger charge is -2.34. The van der Waals surface area contributed by atoms with E-state index < -0.39 is 0 Å². The molecule has 0 radical (unpaired) electrons. The summed E-state index contributed by atoms with van der Waals surface area (Å²) in [5, 5.41) is 1.92. The fraction of sp³-hybridized carbons (Fsp3) is 0.471. The van der Waals surface area contributed by atoms with E-state index in [-0.39, 0.29) is 12.1 Å². The maximum Gasteiger partial charge on any atom is 0.410 e. The lowest BCUT2D eigenvalue weighted by molar-refractivity contribution is 0.0835. The number of rotatable bonds is 3. The zero-order chi connectivity index (χ0) is 15.7. The largest absolute Gasteiger partial charge is 0.450 e. The molecule has 0 saturated carbocycles. The standard InChI is InChI=1S/C17H21ClN2O2/c1-3-5-15-16-12(8-9-20(15)17(21)22-4-2)13-10-11(18)6-7-14(13)19-16/h6-7,10,15,19H,3-5,8-9H2,1-2H3. The normalized spacial score (nSPS) is 17.6. The summed E-state index contributed by atoms with van der Waals surface area (Å²) >= 11 is 6.14. The number of aromatic nitrogens is 1. The van der Waals surface area contributed by atoms with Crippen LogP contribution in [0.5, 0.6) is 0 Å². The number of nitrogens with zero attached hydrogens (tertiary/aromatic N) is 1. The van der Waals surface area contributed by atoms with E-state index >= 15 is 0 Å². The monoisotopic (exact) mass is 320 g/mol. The molecule has 1 atom stereocenters. The van der Waals surface area contributed by atoms with Crippen LogP contribution in [0.2, 0.25) is 5.02 Å². The summed E-state index contributed by atoms with van der Waals surface area (Å²) in [5.74, 6) is 0. The van der Waals surface area contributed by atoms with Gasteiger partial charge in [-0.1, -0.05) is 24.9 Å². The van der Waals surface area contributed by atoms with E-state index in [0.717, 1.165) is 35.5 Å². The van der Waals surface area contributed by atoms with Crippen LogP contribution < -0.4 is 0 Å². The van der Waals surface area contributed by atoms with Gasteiger partial charge in [-0.3, -0.25) is 4.90 Å². The molecular weight excluding hydrogens is 300 g/mol. The second-order valence-corrected chi connectivity index (χ2v) is 6.09. The number of carbonyl (C=O) groups is 1. The molecule has 0 aliphatic carbocycles. The summed E-state index contributed by atoms with van der Waals surface area (Å²) in [5.41, 5.74) is 3.51. The maximum absolute atomic E-state index is 12.2. The smallest absolute Gasteiger partial charge is 0.410 e. The molecule has 4 nitrogen and oxygen atoms in total. The number of amides is 1. The van der Waals surface area contributed by atoms with Gasteiger partial charge in [0.05, 0.1) is 12.6 Å². The Hall–Kier alpha value is -1.68. The minimum atomic E-state index is -0.219. The molecule has 0 spiro atoms. The van der Waals surface area contributed by atoms with Gasteiger partial charge < -0.3 is 9.72 Å². The SMILES string of the molecule is CCCC1c2[nH]c3ccc(Cl)cc3c2CCN1C(=O)OCC. The Morgan fingerprint density at radius 3 is 3.00 bits per heavy atom. The van der Waals surface area contributed by atoms with Gasteiger partial charge >= 0.3 is 6.09 Å². The van der Waals surface area contributed by atoms with Crippen LogP contribution in [0.4, 0.5) is 4.79 Å². The van der Waals surface area contributed by atoms with Crippen LogP contribution in [0.3, 0.4) is 0 Å². The van der Waals surface area contributed by atoms with Gasteiger partial charge in [0, 0.05) is 28.2 Å². The van der Waals surface area contributed by atoms with Crippen molar-refractivity contribution in [3.63, 3.8) is 0 Å². The van der Waals surface area contributed by atoms with Crippen LogP contribution in [-0.2, 0) is 11.2 Å². The molecule has 0 fully saturated rings. The van der Waals surface area contributed by atoms with Gasteiger partial charge in [0.2, 0.25) is 0 Å². The highest BCUT2D eigenvalue weighted by molar-refractivity contribution is 6.31. The summed E-state index contributed by atoms with van der Waals surface area (Å²) in [6, 6.07) is 5.96. The lowest BCUT2D eigenvalue weighted by Crippen LogP contribution is -2.40. The van der Waals surface area contributed by atoms with E-state index in [9.17, 15) is 4.79 Å². The molecule has 5 heteroatoms. The molecule has 2 aromatic rings. The first kappa shape index (κ1) is 15.2. The zero-order valence-corrected chi connectivity index (χ0v) is 13.7. The van der Waals surface area contributed by atoms with E-state index in [1.54, 1.807) is 0 Å². The molecule has 0 saturated heterocycles. The molecule has 22 heavy (non-hydrogen) atoms.